The first-order valence-electron chi connectivity index (χ1n) is 7.50. The minimum atomic E-state index is -3.38. The van der Waals surface area contributed by atoms with E-state index in [0.29, 0.717) is 27.6 Å². The Balaban J connectivity index is 1.76. The number of amides is 1. The number of carbonyl (C=O) groups excluding carboxylic acids is 1. The number of benzene rings is 1. The number of hydrogen-bond acceptors (Lipinski definition) is 6. The van der Waals surface area contributed by atoms with Gasteiger partial charge in [0.05, 0.1) is 22.5 Å². The molecule has 134 valence electrons. The smallest absolute Gasteiger partial charge is 0.265 e. The van der Waals surface area contributed by atoms with Crippen LogP contribution in [0, 0.1) is 0 Å². The van der Waals surface area contributed by atoms with Gasteiger partial charge in [0.1, 0.15) is 0 Å². The molecule has 3 rings (SSSR count). The van der Waals surface area contributed by atoms with E-state index in [2.05, 4.69) is 15.0 Å². The first-order valence-corrected chi connectivity index (χ1v) is 10.3. The van der Waals surface area contributed by atoms with Crippen LogP contribution in [0.1, 0.15) is 9.67 Å². The van der Waals surface area contributed by atoms with E-state index in [1.54, 1.807) is 48.7 Å². The van der Waals surface area contributed by atoms with Gasteiger partial charge in [0.15, 0.2) is 0 Å². The molecule has 0 radical (unpaired) electrons. The van der Waals surface area contributed by atoms with E-state index in [1.807, 2.05) is 5.38 Å². The van der Waals surface area contributed by atoms with Crippen LogP contribution >= 0.6 is 11.3 Å². The van der Waals surface area contributed by atoms with Gasteiger partial charge in [0, 0.05) is 28.5 Å². The average Bonchev–Trinajstić information content (AvgIpc) is 3.03. The number of nitrogens with two attached hydrogens (primary N) is 1. The van der Waals surface area contributed by atoms with Crippen molar-refractivity contribution < 1.29 is 13.2 Å². The van der Waals surface area contributed by atoms with Crippen LogP contribution in [0.25, 0.3) is 11.3 Å². The molecule has 0 aliphatic rings. The molecule has 0 saturated heterocycles. The highest BCUT2D eigenvalue weighted by atomic mass is 32.2. The van der Waals surface area contributed by atoms with E-state index in [4.69, 9.17) is 5.73 Å². The second kappa shape index (κ2) is 7.14. The van der Waals surface area contributed by atoms with Crippen LogP contribution < -0.4 is 15.8 Å². The summed E-state index contributed by atoms with van der Waals surface area (Å²) in [6, 6.07) is 11.7. The number of sulfonamides is 1. The zero-order valence-electron chi connectivity index (χ0n) is 13.8. The molecule has 0 aliphatic carbocycles. The summed E-state index contributed by atoms with van der Waals surface area (Å²) in [5, 5.41) is 4.58. The van der Waals surface area contributed by atoms with Crippen LogP contribution in [0.2, 0.25) is 0 Å². The molecule has 4 N–H and O–H groups in total. The Morgan fingerprint density at radius 3 is 2.65 bits per heavy atom. The molecule has 0 fully saturated rings. The summed E-state index contributed by atoms with van der Waals surface area (Å²) in [4.78, 5) is 17.2. The number of thiophene rings is 1. The Bertz CT molecular complexity index is 1060. The molecule has 3 aromatic rings. The molecule has 0 unspecified atom stereocenters. The van der Waals surface area contributed by atoms with Gasteiger partial charge in [-0.05, 0) is 36.4 Å². The Hall–Kier alpha value is -2.91. The van der Waals surface area contributed by atoms with Gasteiger partial charge in [-0.25, -0.2) is 8.42 Å². The number of nitrogens with zero attached hydrogens (tertiary/aromatic N) is 1. The van der Waals surface area contributed by atoms with Crippen LogP contribution in [0.5, 0.6) is 0 Å². The Morgan fingerprint density at radius 1 is 1.15 bits per heavy atom. The van der Waals surface area contributed by atoms with E-state index < -0.39 is 10.0 Å². The molecule has 2 heterocycles. The predicted molar refractivity (Wildman–Crippen MR) is 105 cm³/mol. The van der Waals surface area contributed by atoms with Gasteiger partial charge in [-0.1, -0.05) is 6.07 Å². The number of hydrogen-bond donors (Lipinski definition) is 3. The van der Waals surface area contributed by atoms with Crippen molar-refractivity contribution in [2.75, 3.05) is 22.0 Å². The van der Waals surface area contributed by atoms with E-state index in [9.17, 15) is 13.2 Å². The molecule has 2 aromatic heterocycles. The number of pyridine rings is 1. The van der Waals surface area contributed by atoms with Gasteiger partial charge in [0.2, 0.25) is 10.0 Å². The van der Waals surface area contributed by atoms with Crippen LogP contribution in [0.3, 0.4) is 0 Å². The predicted octanol–water partition coefficient (Wildman–Crippen LogP) is 3.02. The summed E-state index contributed by atoms with van der Waals surface area (Å²) in [5.41, 5.74) is 8.72. The number of nitrogens with one attached hydrogen (secondary N) is 2. The standard InChI is InChI=1S/C17H16N4O3S2/c1-26(23,24)21-14-4-2-3-13(9-14)20-17(22)16-7-11(10-25-16)15-8-12(18)5-6-19-15/h2-10,21H,1H3,(H2,18,19)(H,20,22). The average molecular weight is 388 g/mol. The molecule has 0 spiro atoms. The fourth-order valence-corrected chi connectivity index (χ4v) is 3.61. The fraction of sp³-hybridized carbons (Fsp3) is 0.0588. The maximum atomic E-state index is 12.4. The van der Waals surface area contributed by atoms with E-state index in [1.165, 1.54) is 11.3 Å². The number of carbonyl (C=O) groups is 1. The highest BCUT2D eigenvalue weighted by Crippen LogP contribution is 2.26. The molecule has 9 heteroatoms. The lowest BCUT2D eigenvalue weighted by atomic mass is 10.2. The summed E-state index contributed by atoms with van der Waals surface area (Å²) in [7, 11) is -3.38. The second-order valence-electron chi connectivity index (χ2n) is 5.58. The lowest BCUT2D eigenvalue weighted by Gasteiger charge is -2.07. The third-order valence-corrected chi connectivity index (χ3v) is 4.86. The van der Waals surface area contributed by atoms with E-state index in [-0.39, 0.29) is 5.91 Å². The Labute approximate surface area is 154 Å². The highest BCUT2D eigenvalue weighted by Gasteiger charge is 2.12. The molecule has 0 bridgehead atoms. The van der Waals surface area contributed by atoms with Crippen LogP contribution in [-0.2, 0) is 10.0 Å². The molecular weight excluding hydrogens is 372 g/mol. The second-order valence-corrected chi connectivity index (χ2v) is 8.24. The van der Waals surface area contributed by atoms with Gasteiger partial charge in [-0.15, -0.1) is 11.3 Å². The zero-order valence-corrected chi connectivity index (χ0v) is 15.4. The zero-order chi connectivity index (χ0) is 18.7. The summed E-state index contributed by atoms with van der Waals surface area (Å²) in [5.74, 6) is -0.290. The summed E-state index contributed by atoms with van der Waals surface area (Å²) in [6.07, 6.45) is 2.68. The first-order chi connectivity index (χ1) is 12.3. The van der Waals surface area contributed by atoms with Crippen LogP contribution in [0.15, 0.2) is 54.0 Å². The summed E-state index contributed by atoms with van der Waals surface area (Å²) in [6.45, 7) is 0. The molecule has 0 atom stereocenters. The quantitative estimate of drug-likeness (QED) is 0.622. The van der Waals surface area contributed by atoms with E-state index in [0.717, 1.165) is 11.8 Å². The van der Waals surface area contributed by atoms with Gasteiger partial charge < -0.3 is 11.1 Å². The molecule has 1 aromatic carbocycles. The number of nitrogen functional groups attached to an aromatic ring is 1. The lowest BCUT2D eigenvalue weighted by molar-refractivity contribution is 0.103. The SMILES string of the molecule is CS(=O)(=O)Nc1cccc(NC(=O)c2cc(-c3cc(N)ccn3)cs2)c1. The lowest BCUT2D eigenvalue weighted by Crippen LogP contribution is -2.12. The summed E-state index contributed by atoms with van der Waals surface area (Å²) < 4.78 is 25.0. The summed E-state index contributed by atoms with van der Waals surface area (Å²) >= 11 is 1.29. The van der Waals surface area contributed by atoms with Crippen molar-refractivity contribution in [3.05, 3.63) is 58.9 Å². The number of anilines is 3. The maximum Gasteiger partial charge on any atom is 0.265 e. The van der Waals surface area contributed by atoms with Crippen molar-refractivity contribution in [2.45, 2.75) is 0 Å². The third kappa shape index (κ3) is 4.58. The van der Waals surface area contributed by atoms with Gasteiger partial charge in [-0.3, -0.25) is 14.5 Å². The Kier molecular flexibility index (Phi) is 4.92. The van der Waals surface area contributed by atoms with Crippen molar-refractivity contribution in [1.29, 1.82) is 0 Å². The largest absolute Gasteiger partial charge is 0.399 e. The monoisotopic (exact) mass is 388 g/mol. The van der Waals surface area contributed by atoms with Crippen LogP contribution in [0.4, 0.5) is 17.1 Å². The van der Waals surface area contributed by atoms with E-state index >= 15 is 0 Å². The van der Waals surface area contributed by atoms with Crippen molar-refractivity contribution >= 4 is 44.3 Å². The Morgan fingerprint density at radius 2 is 1.92 bits per heavy atom. The molecule has 7 nitrogen and oxygen atoms in total. The molecule has 0 saturated carbocycles. The van der Waals surface area contributed by atoms with Crippen molar-refractivity contribution in [1.82, 2.24) is 4.98 Å². The number of aromatic nitrogens is 1. The first kappa shape index (κ1) is 17.9. The number of rotatable bonds is 5. The van der Waals surface area contributed by atoms with Gasteiger partial charge in [0.25, 0.3) is 5.91 Å². The molecule has 26 heavy (non-hydrogen) atoms. The topological polar surface area (TPSA) is 114 Å². The normalized spacial score (nSPS) is 11.1. The minimum absolute atomic E-state index is 0.290. The molecule has 1 amide bonds. The molecular formula is C17H16N4O3S2. The third-order valence-electron chi connectivity index (χ3n) is 3.33. The van der Waals surface area contributed by atoms with Crippen molar-refractivity contribution in [3.63, 3.8) is 0 Å². The van der Waals surface area contributed by atoms with Crippen molar-refractivity contribution in [2.24, 2.45) is 0 Å². The minimum Gasteiger partial charge on any atom is -0.399 e. The highest BCUT2D eigenvalue weighted by molar-refractivity contribution is 7.92. The van der Waals surface area contributed by atoms with Crippen LogP contribution in [-0.4, -0.2) is 25.6 Å². The van der Waals surface area contributed by atoms with Gasteiger partial charge >= 0.3 is 0 Å². The maximum absolute atomic E-state index is 12.4. The fourth-order valence-electron chi connectivity index (χ4n) is 2.26. The van der Waals surface area contributed by atoms with Crippen molar-refractivity contribution in [3.8, 4) is 11.3 Å². The molecule has 0 aliphatic heterocycles. The van der Waals surface area contributed by atoms with Gasteiger partial charge in [-0.2, -0.15) is 0 Å².